The van der Waals surface area contributed by atoms with Crippen LogP contribution < -0.4 is 15.5 Å². The zero-order valence-electron chi connectivity index (χ0n) is 20.8. The van der Waals surface area contributed by atoms with Gasteiger partial charge in [0.2, 0.25) is 11.8 Å². The van der Waals surface area contributed by atoms with Crippen LogP contribution in [0.15, 0.2) is 34.9 Å². The lowest BCUT2D eigenvalue weighted by molar-refractivity contribution is -0.117. The van der Waals surface area contributed by atoms with E-state index >= 15 is 0 Å². The zero-order valence-corrected chi connectivity index (χ0v) is 17.8. The van der Waals surface area contributed by atoms with Gasteiger partial charge in [0.1, 0.15) is 11.0 Å². The Morgan fingerprint density at radius 1 is 1.27 bits per heavy atom. The van der Waals surface area contributed by atoms with Crippen LogP contribution >= 0.6 is 0 Å². The SMILES string of the molecule is [2H]C([2H])([2H])Nc1ncc(-c2nc3ccc(N4CC(OC)C4)cc3o2)c2cc(NC(=O)C3CC3)nnc12. The Morgan fingerprint density at radius 2 is 2.15 bits per heavy atom. The number of fused-ring (bicyclic) bond motifs is 2. The molecule has 10 heteroatoms. The number of nitrogens with zero attached hydrogens (tertiary/aromatic N) is 5. The summed E-state index contributed by atoms with van der Waals surface area (Å²) in [5.41, 5.74) is 3.00. The first-order chi connectivity index (χ1) is 17.3. The third kappa shape index (κ3) is 3.52. The van der Waals surface area contributed by atoms with Gasteiger partial charge in [0, 0.05) is 60.5 Å². The number of benzene rings is 1. The van der Waals surface area contributed by atoms with Crippen LogP contribution in [0.4, 0.5) is 17.3 Å². The number of ether oxygens (including phenoxy) is 1. The highest BCUT2D eigenvalue weighted by atomic mass is 16.5. The van der Waals surface area contributed by atoms with Crippen molar-refractivity contribution in [3.8, 4) is 11.5 Å². The summed E-state index contributed by atoms with van der Waals surface area (Å²) in [6, 6.07) is 7.44. The molecule has 168 valence electrons. The molecule has 3 aromatic heterocycles. The summed E-state index contributed by atoms with van der Waals surface area (Å²) in [6.45, 7) is -0.859. The standard InChI is InChI=1S/C23H23N7O3/c1-24-21-20-15(8-19(28-29-20)27-22(31)12-3-4-12)16(9-25-21)23-26-17-6-5-13(7-18(17)33-23)30-10-14(11-30)32-2/h5-9,12,14H,3-4,10-11H2,1-2H3,(H,24,25)(H,27,28,31)/i1D3. The lowest BCUT2D eigenvalue weighted by atomic mass is 10.1. The van der Waals surface area contributed by atoms with Crippen molar-refractivity contribution in [2.75, 3.05) is 42.7 Å². The summed E-state index contributed by atoms with van der Waals surface area (Å²) in [7, 11) is 1.71. The molecule has 0 radical (unpaired) electrons. The van der Waals surface area contributed by atoms with Gasteiger partial charge in [-0.15, -0.1) is 10.2 Å². The monoisotopic (exact) mass is 448 g/mol. The topological polar surface area (TPSA) is 118 Å². The Hall–Kier alpha value is -3.79. The highest BCUT2D eigenvalue weighted by Crippen LogP contribution is 2.35. The van der Waals surface area contributed by atoms with Crippen LogP contribution in [-0.4, -0.2) is 59.4 Å². The number of amides is 1. The van der Waals surface area contributed by atoms with Gasteiger partial charge in [-0.1, -0.05) is 0 Å². The quantitative estimate of drug-likeness (QED) is 0.459. The second kappa shape index (κ2) is 7.66. The third-order valence-electron chi connectivity index (χ3n) is 6.10. The maximum atomic E-state index is 12.3. The van der Waals surface area contributed by atoms with Crippen molar-refractivity contribution < 1.29 is 18.1 Å². The molecule has 33 heavy (non-hydrogen) atoms. The van der Waals surface area contributed by atoms with Crippen molar-refractivity contribution in [1.82, 2.24) is 20.2 Å². The van der Waals surface area contributed by atoms with E-state index in [1.165, 1.54) is 6.20 Å². The van der Waals surface area contributed by atoms with Crippen molar-refractivity contribution in [2.45, 2.75) is 18.9 Å². The Balaban J connectivity index is 1.41. The minimum absolute atomic E-state index is 0.0102. The van der Waals surface area contributed by atoms with Crippen LogP contribution in [0, 0.1) is 5.92 Å². The summed E-state index contributed by atoms with van der Waals surface area (Å²) in [6.07, 6.45) is 3.40. The third-order valence-corrected chi connectivity index (χ3v) is 6.10. The number of methoxy groups -OCH3 is 1. The van der Waals surface area contributed by atoms with Gasteiger partial charge in [0.15, 0.2) is 17.2 Å². The van der Waals surface area contributed by atoms with Crippen molar-refractivity contribution in [1.29, 1.82) is 0 Å². The predicted octanol–water partition coefficient (Wildman–Crippen LogP) is 3.06. The van der Waals surface area contributed by atoms with Gasteiger partial charge in [-0.3, -0.25) is 4.79 Å². The van der Waals surface area contributed by atoms with E-state index in [9.17, 15) is 4.79 Å². The van der Waals surface area contributed by atoms with Crippen LogP contribution in [0.5, 0.6) is 0 Å². The molecule has 0 unspecified atom stereocenters. The number of rotatable bonds is 6. The highest BCUT2D eigenvalue weighted by molar-refractivity contribution is 6.01. The molecular formula is C23H23N7O3. The largest absolute Gasteiger partial charge is 0.436 e. The molecule has 1 saturated heterocycles. The molecule has 0 spiro atoms. The first kappa shape index (κ1) is 16.8. The van der Waals surface area contributed by atoms with Crippen LogP contribution in [0.1, 0.15) is 17.0 Å². The molecule has 10 nitrogen and oxygen atoms in total. The van der Waals surface area contributed by atoms with E-state index in [0.29, 0.717) is 27.9 Å². The van der Waals surface area contributed by atoms with Gasteiger partial charge in [-0.05, 0) is 31.0 Å². The number of hydrogen-bond acceptors (Lipinski definition) is 9. The fraction of sp³-hybridized carbons (Fsp3) is 0.348. The Kier molecular flexibility index (Phi) is 3.90. The molecule has 1 aliphatic carbocycles. The molecule has 0 bridgehead atoms. The first-order valence-electron chi connectivity index (χ1n) is 12.2. The number of aromatic nitrogens is 4. The summed E-state index contributed by atoms with van der Waals surface area (Å²) in [4.78, 5) is 23.4. The van der Waals surface area contributed by atoms with Gasteiger partial charge in [0.05, 0.1) is 11.7 Å². The fourth-order valence-electron chi connectivity index (χ4n) is 3.95. The number of oxazole rings is 1. The summed E-state index contributed by atoms with van der Waals surface area (Å²) in [5, 5.41) is 13.9. The molecule has 2 N–H and O–H groups in total. The van der Waals surface area contributed by atoms with Gasteiger partial charge < -0.3 is 24.7 Å². The number of hydrogen-bond donors (Lipinski definition) is 2. The summed E-state index contributed by atoms with van der Waals surface area (Å²) < 4.78 is 34.1. The number of anilines is 3. The molecule has 2 aliphatic rings. The van der Waals surface area contributed by atoms with Gasteiger partial charge in [0.25, 0.3) is 0 Å². The van der Waals surface area contributed by atoms with Gasteiger partial charge >= 0.3 is 0 Å². The van der Waals surface area contributed by atoms with Gasteiger partial charge in [-0.25, -0.2) is 9.97 Å². The normalized spacial score (nSPS) is 18.0. The second-order valence-corrected chi connectivity index (χ2v) is 8.33. The fourth-order valence-corrected chi connectivity index (χ4v) is 3.95. The summed E-state index contributed by atoms with van der Waals surface area (Å²) in [5.74, 6) is 0.479. The first-order valence-corrected chi connectivity index (χ1v) is 10.7. The lowest BCUT2D eigenvalue weighted by Crippen LogP contribution is -2.51. The van der Waals surface area contributed by atoms with Crippen molar-refractivity contribution in [2.24, 2.45) is 5.92 Å². The van der Waals surface area contributed by atoms with E-state index in [1.54, 1.807) is 13.2 Å². The zero-order chi connectivity index (χ0) is 25.0. The number of nitrogens with one attached hydrogen (secondary N) is 2. The van der Waals surface area contributed by atoms with E-state index in [4.69, 9.17) is 13.3 Å². The number of carbonyl (C=O) groups is 1. The molecule has 1 aromatic carbocycles. The van der Waals surface area contributed by atoms with Crippen LogP contribution in [0.3, 0.4) is 0 Å². The molecule has 0 atom stereocenters. The highest BCUT2D eigenvalue weighted by Gasteiger charge is 2.30. The number of carbonyl (C=O) groups excluding carboxylic acids is 1. The minimum Gasteiger partial charge on any atom is -0.436 e. The van der Waals surface area contributed by atoms with Crippen LogP contribution in [-0.2, 0) is 9.53 Å². The average molecular weight is 449 g/mol. The molecule has 1 aliphatic heterocycles. The molecule has 2 fully saturated rings. The molecule has 1 amide bonds. The molecular weight excluding hydrogens is 422 g/mol. The smallest absolute Gasteiger partial charge is 0.229 e. The van der Waals surface area contributed by atoms with Gasteiger partial charge in [-0.2, -0.15) is 0 Å². The molecule has 1 saturated carbocycles. The van der Waals surface area contributed by atoms with Crippen LogP contribution in [0.2, 0.25) is 0 Å². The predicted molar refractivity (Wildman–Crippen MR) is 124 cm³/mol. The summed E-state index contributed by atoms with van der Waals surface area (Å²) >= 11 is 0. The van der Waals surface area contributed by atoms with Crippen LogP contribution in [0.25, 0.3) is 33.5 Å². The molecule has 4 aromatic rings. The Morgan fingerprint density at radius 3 is 2.94 bits per heavy atom. The maximum Gasteiger partial charge on any atom is 0.229 e. The molecule has 6 rings (SSSR count). The lowest BCUT2D eigenvalue weighted by Gasteiger charge is -2.39. The average Bonchev–Trinajstić information content (AvgIpc) is 3.57. The van der Waals surface area contributed by atoms with Crippen molar-refractivity contribution in [3.05, 3.63) is 30.5 Å². The second-order valence-electron chi connectivity index (χ2n) is 8.33. The molecule has 4 heterocycles. The Bertz CT molecular complexity index is 1480. The number of pyridine rings is 1. The Labute approximate surface area is 193 Å². The van der Waals surface area contributed by atoms with E-state index in [-0.39, 0.29) is 35.1 Å². The van der Waals surface area contributed by atoms with E-state index in [0.717, 1.165) is 31.6 Å². The maximum absolute atomic E-state index is 12.3. The van der Waals surface area contributed by atoms with Crippen molar-refractivity contribution in [3.63, 3.8) is 0 Å². The van der Waals surface area contributed by atoms with Crippen molar-refractivity contribution >= 4 is 45.2 Å². The van der Waals surface area contributed by atoms with E-state index < -0.39 is 6.98 Å². The minimum atomic E-state index is -2.48. The van der Waals surface area contributed by atoms with E-state index in [2.05, 4.69) is 35.7 Å². The van der Waals surface area contributed by atoms with E-state index in [1.807, 2.05) is 18.2 Å².